The van der Waals surface area contributed by atoms with E-state index in [9.17, 15) is 14.2 Å². The van der Waals surface area contributed by atoms with Crippen molar-refractivity contribution in [1.29, 1.82) is 0 Å². The summed E-state index contributed by atoms with van der Waals surface area (Å²) in [5.74, 6) is 0.362. The van der Waals surface area contributed by atoms with E-state index in [2.05, 4.69) is 6.92 Å². The molecular weight excluding hydrogens is 515 g/mol. The molecule has 0 saturated carbocycles. The fourth-order valence-electron chi connectivity index (χ4n) is 4.51. The highest BCUT2D eigenvalue weighted by Crippen LogP contribution is 2.52. The number of carbonyl (C=O) groups is 2. The number of hydrogen-bond acceptors (Lipinski definition) is 7. The van der Waals surface area contributed by atoms with Crippen LogP contribution in [0.3, 0.4) is 0 Å². The van der Waals surface area contributed by atoms with E-state index in [0.717, 1.165) is 19.3 Å². The van der Waals surface area contributed by atoms with Gasteiger partial charge in [-0.05, 0) is 6.42 Å². The summed E-state index contributed by atoms with van der Waals surface area (Å²) in [4.78, 5) is 26.4. The van der Waals surface area contributed by atoms with Crippen LogP contribution in [0.2, 0.25) is 0 Å². The van der Waals surface area contributed by atoms with Crippen LogP contribution < -0.4 is 19.5 Å². The Labute approximate surface area is 233 Å². The van der Waals surface area contributed by atoms with Crippen LogP contribution in [0.4, 0.5) is 0 Å². The first-order valence-electron chi connectivity index (χ1n) is 14.1. The average Bonchev–Trinajstić information content (AvgIpc) is 2.97. The van der Waals surface area contributed by atoms with Gasteiger partial charge in [0.15, 0.2) is 7.14 Å². The van der Waals surface area contributed by atoms with Gasteiger partial charge in [0.25, 0.3) is 0 Å². The zero-order valence-electron chi connectivity index (χ0n) is 24.0. The molecule has 0 saturated heterocycles. The number of ether oxygens (including phenoxy) is 4. The Bertz CT molecular complexity index is 1040. The minimum atomic E-state index is -3.75. The molecule has 2 aromatic carbocycles. The molecule has 7 nitrogen and oxygen atoms in total. The van der Waals surface area contributed by atoms with Crippen LogP contribution >= 0.6 is 7.14 Å². The van der Waals surface area contributed by atoms with Crippen molar-refractivity contribution in [3.8, 4) is 17.2 Å². The molecule has 1 atom stereocenters. The maximum Gasteiger partial charge on any atom is 0.306 e. The van der Waals surface area contributed by atoms with Gasteiger partial charge in [-0.3, -0.25) is 9.59 Å². The normalized spacial score (nSPS) is 12.4. The Hall–Kier alpha value is -2.79. The molecule has 2 aromatic rings. The minimum absolute atomic E-state index is 0.0618. The Morgan fingerprint density at radius 2 is 1.28 bits per heavy atom. The molecule has 0 amide bonds. The van der Waals surface area contributed by atoms with Crippen LogP contribution in [0.15, 0.2) is 42.5 Å². The van der Waals surface area contributed by atoms with Crippen molar-refractivity contribution in [2.24, 2.45) is 0 Å². The number of unbranched alkanes of at least 4 members (excludes halogenated alkanes) is 9. The number of hydrogen-bond donors (Lipinski definition) is 0. The summed E-state index contributed by atoms with van der Waals surface area (Å²) in [7, 11) is 0.581. The maximum atomic E-state index is 14.4. The molecule has 2 rings (SSSR count). The van der Waals surface area contributed by atoms with Crippen molar-refractivity contribution in [2.45, 2.75) is 77.6 Å². The van der Waals surface area contributed by atoms with E-state index in [0.29, 0.717) is 17.7 Å². The molecule has 39 heavy (non-hydrogen) atoms. The molecule has 0 heterocycles. The number of methoxy groups -OCH3 is 3. The second-order valence-electron chi connectivity index (χ2n) is 9.66. The number of carbonyl (C=O) groups excluding carboxylic acids is 2. The fraction of sp³-hybridized carbons (Fsp3) is 0.548. The monoisotopic (exact) mass is 560 g/mol. The number of benzene rings is 2. The van der Waals surface area contributed by atoms with Crippen molar-refractivity contribution in [3.05, 3.63) is 48.0 Å². The van der Waals surface area contributed by atoms with Gasteiger partial charge in [-0.25, -0.2) is 0 Å². The van der Waals surface area contributed by atoms with Crippen molar-refractivity contribution in [2.75, 3.05) is 34.1 Å². The highest BCUT2D eigenvalue weighted by molar-refractivity contribution is 7.87. The van der Waals surface area contributed by atoms with Gasteiger partial charge >= 0.3 is 5.97 Å². The largest absolute Gasteiger partial charge is 0.496 e. The van der Waals surface area contributed by atoms with Crippen molar-refractivity contribution in [1.82, 2.24) is 0 Å². The smallest absolute Gasteiger partial charge is 0.306 e. The summed E-state index contributed by atoms with van der Waals surface area (Å²) in [6, 6.07) is 11.6. The van der Waals surface area contributed by atoms with Crippen LogP contribution in [-0.4, -0.2) is 45.6 Å². The van der Waals surface area contributed by atoms with Crippen LogP contribution in [-0.2, 0) is 14.1 Å². The first kappa shape index (κ1) is 32.4. The predicted octanol–water partition coefficient (Wildman–Crippen LogP) is 7.40. The molecule has 0 N–H and O–H groups in total. The van der Waals surface area contributed by atoms with Gasteiger partial charge in [-0.2, -0.15) is 0 Å². The third-order valence-corrected chi connectivity index (χ3v) is 9.69. The number of rotatable bonds is 20. The van der Waals surface area contributed by atoms with E-state index < -0.39 is 18.6 Å². The minimum Gasteiger partial charge on any atom is -0.496 e. The molecule has 0 spiro atoms. The quantitative estimate of drug-likeness (QED) is 0.0947. The van der Waals surface area contributed by atoms with Crippen molar-refractivity contribution < 1.29 is 33.1 Å². The van der Waals surface area contributed by atoms with Crippen LogP contribution in [0, 0.1) is 0 Å². The predicted molar refractivity (Wildman–Crippen MR) is 156 cm³/mol. The number of esters is 1. The summed E-state index contributed by atoms with van der Waals surface area (Å²) in [5, 5.41) is 0.373. The van der Waals surface area contributed by atoms with Gasteiger partial charge in [0.05, 0.1) is 34.4 Å². The average molecular weight is 561 g/mol. The summed E-state index contributed by atoms with van der Waals surface area (Å²) in [6.45, 7) is 2.56. The van der Waals surface area contributed by atoms with E-state index in [4.69, 9.17) is 18.9 Å². The lowest BCUT2D eigenvalue weighted by Crippen LogP contribution is -2.19. The Kier molecular flexibility index (Phi) is 14.7. The van der Waals surface area contributed by atoms with Crippen LogP contribution in [0.25, 0.3) is 0 Å². The van der Waals surface area contributed by atoms with E-state index in [1.165, 1.54) is 66.3 Å². The van der Waals surface area contributed by atoms with E-state index in [1.54, 1.807) is 42.5 Å². The standard InChI is InChI=1S/C31H45O7P/c1-5-6-7-8-9-10-11-12-13-17-21-38-29(32)20-22-39(34,26-18-15-14-16-19-26)31(33)30-27(36-3)23-25(35-2)24-28(30)37-4/h14-16,18-19,23-24H,5-13,17,20-22H2,1-4H3. The van der Waals surface area contributed by atoms with E-state index in [1.807, 2.05) is 0 Å². The van der Waals surface area contributed by atoms with Crippen LogP contribution in [0.5, 0.6) is 17.2 Å². The fourth-order valence-corrected chi connectivity index (χ4v) is 6.94. The van der Waals surface area contributed by atoms with Gasteiger partial charge in [-0.15, -0.1) is 0 Å². The molecule has 0 aliphatic heterocycles. The molecule has 0 aliphatic rings. The van der Waals surface area contributed by atoms with E-state index >= 15 is 0 Å². The molecule has 0 radical (unpaired) electrons. The second kappa shape index (κ2) is 17.7. The Morgan fingerprint density at radius 1 is 0.744 bits per heavy atom. The first-order chi connectivity index (χ1) is 18.9. The Morgan fingerprint density at radius 3 is 1.79 bits per heavy atom. The highest BCUT2D eigenvalue weighted by atomic mass is 31.2. The molecule has 0 fully saturated rings. The lowest BCUT2D eigenvalue weighted by atomic mass is 10.1. The molecule has 0 bridgehead atoms. The molecular formula is C31H45O7P. The summed E-state index contributed by atoms with van der Waals surface area (Å²) < 4.78 is 35.9. The molecule has 0 aliphatic carbocycles. The highest BCUT2D eigenvalue weighted by Gasteiger charge is 2.38. The first-order valence-corrected chi connectivity index (χ1v) is 16.0. The molecule has 1 unspecified atom stereocenters. The zero-order valence-corrected chi connectivity index (χ0v) is 24.9. The van der Waals surface area contributed by atoms with E-state index in [-0.39, 0.29) is 29.6 Å². The summed E-state index contributed by atoms with van der Waals surface area (Å²) in [5.41, 5.74) is -0.570. The third kappa shape index (κ3) is 10.0. The van der Waals surface area contributed by atoms with Gasteiger partial charge in [-0.1, -0.05) is 95.0 Å². The van der Waals surface area contributed by atoms with Crippen molar-refractivity contribution >= 4 is 23.9 Å². The lowest BCUT2D eigenvalue weighted by Gasteiger charge is -2.21. The maximum absolute atomic E-state index is 14.4. The molecule has 8 heteroatoms. The summed E-state index contributed by atoms with van der Waals surface area (Å²) >= 11 is 0. The van der Waals surface area contributed by atoms with Gasteiger partial charge in [0.2, 0.25) is 5.52 Å². The lowest BCUT2D eigenvalue weighted by molar-refractivity contribution is -0.143. The second-order valence-corrected chi connectivity index (χ2v) is 12.5. The van der Waals surface area contributed by atoms with Gasteiger partial charge in [0, 0.05) is 23.6 Å². The SMILES string of the molecule is CCCCCCCCCCCCOC(=O)CCP(=O)(C(=O)c1c(OC)cc(OC)cc1OC)c1ccccc1. The van der Waals surface area contributed by atoms with Crippen molar-refractivity contribution in [3.63, 3.8) is 0 Å². The molecule has 216 valence electrons. The third-order valence-electron chi connectivity index (χ3n) is 6.82. The Balaban J connectivity index is 1.99. The van der Waals surface area contributed by atoms with Gasteiger partial charge < -0.3 is 23.5 Å². The summed E-state index contributed by atoms with van der Waals surface area (Å²) in [6.07, 6.45) is 11.7. The molecule has 0 aromatic heterocycles. The van der Waals surface area contributed by atoms with Crippen LogP contribution in [0.1, 0.15) is 87.9 Å². The topological polar surface area (TPSA) is 88.1 Å². The zero-order chi connectivity index (χ0) is 28.5. The van der Waals surface area contributed by atoms with Gasteiger partial charge in [0.1, 0.15) is 22.8 Å².